The summed E-state index contributed by atoms with van der Waals surface area (Å²) in [7, 11) is -3.21. The molecule has 1 aromatic carbocycles. The molecule has 0 radical (unpaired) electrons. The second-order valence-electron chi connectivity index (χ2n) is 4.63. The molecule has 0 amide bonds. The van der Waals surface area contributed by atoms with E-state index in [4.69, 9.17) is 11.6 Å². The molecule has 21 heavy (non-hydrogen) atoms. The largest absolute Gasteiger partial charge is 0.295 e. The van der Waals surface area contributed by atoms with Crippen LogP contribution in [0.5, 0.6) is 0 Å². The number of halogens is 1. The monoisotopic (exact) mass is 321 g/mol. The van der Waals surface area contributed by atoms with Gasteiger partial charge >= 0.3 is 0 Å². The van der Waals surface area contributed by atoms with Crippen molar-refractivity contribution >= 4 is 32.5 Å². The summed E-state index contributed by atoms with van der Waals surface area (Å²) in [5.41, 5.74) is 2.44. The molecule has 0 N–H and O–H groups in total. The summed E-state index contributed by atoms with van der Waals surface area (Å²) in [5.74, 6) is 0.939. The summed E-state index contributed by atoms with van der Waals surface area (Å²) in [5, 5.41) is 0. The molecular weight excluding hydrogens is 310 g/mol. The van der Waals surface area contributed by atoms with Gasteiger partial charge in [-0.3, -0.25) is 9.55 Å². The van der Waals surface area contributed by atoms with E-state index in [2.05, 4.69) is 9.97 Å². The number of fused-ring (bicyclic) bond motifs is 1. The first-order valence-corrected chi connectivity index (χ1v) is 8.61. The maximum absolute atomic E-state index is 11.5. The van der Waals surface area contributed by atoms with Crippen LogP contribution < -0.4 is 0 Å². The first-order valence-electron chi connectivity index (χ1n) is 6.18. The number of sulfone groups is 1. The van der Waals surface area contributed by atoms with Crippen molar-refractivity contribution in [2.45, 2.75) is 10.8 Å². The van der Waals surface area contributed by atoms with Gasteiger partial charge in [0.05, 0.1) is 22.5 Å². The highest BCUT2D eigenvalue weighted by atomic mass is 35.5. The number of hydrogen-bond donors (Lipinski definition) is 0. The summed E-state index contributed by atoms with van der Waals surface area (Å²) in [6, 6.07) is 8.50. The molecule has 0 spiro atoms. The first-order chi connectivity index (χ1) is 10.0. The van der Waals surface area contributed by atoms with Crippen LogP contribution in [0.25, 0.3) is 16.7 Å². The van der Waals surface area contributed by atoms with Gasteiger partial charge < -0.3 is 0 Å². The van der Waals surface area contributed by atoms with E-state index in [0.717, 1.165) is 16.7 Å². The molecule has 5 nitrogen and oxygen atoms in total. The van der Waals surface area contributed by atoms with Gasteiger partial charge in [0.2, 0.25) is 0 Å². The van der Waals surface area contributed by atoms with Crippen LogP contribution in [0.2, 0.25) is 0 Å². The molecule has 0 bridgehead atoms. The molecule has 2 heterocycles. The van der Waals surface area contributed by atoms with Gasteiger partial charge in [-0.1, -0.05) is 0 Å². The SMILES string of the molecule is CS(=O)(=O)c1ccc(-n2c(CCl)nc3cnccc32)cc1. The van der Waals surface area contributed by atoms with E-state index in [1.807, 2.05) is 10.6 Å². The van der Waals surface area contributed by atoms with E-state index in [0.29, 0.717) is 5.82 Å². The van der Waals surface area contributed by atoms with Crippen LogP contribution >= 0.6 is 11.6 Å². The molecule has 0 aliphatic heterocycles. The Morgan fingerprint density at radius 2 is 1.90 bits per heavy atom. The van der Waals surface area contributed by atoms with Gasteiger partial charge in [0.1, 0.15) is 11.3 Å². The van der Waals surface area contributed by atoms with Crippen LogP contribution in [0.3, 0.4) is 0 Å². The number of benzene rings is 1. The predicted molar refractivity (Wildman–Crippen MR) is 81.5 cm³/mol. The Bertz CT molecular complexity index is 902. The highest BCUT2D eigenvalue weighted by molar-refractivity contribution is 7.90. The number of hydrogen-bond acceptors (Lipinski definition) is 4. The number of rotatable bonds is 3. The molecule has 2 aromatic heterocycles. The molecule has 0 fully saturated rings. The van der Waals surface area contributed by atoms with Crippen molar-refractivity contribution in [3.05, 3.63) is 48.5 Å². The van der Waals surface area contributed by atoms with Gasteiger partial charge in [0.15, 0.2) is 9.84 Å². The highest BCUT2D eigenvalue weighted by Crippen LogP contribution is 2.23. The quantitative estimate of drug-likeness (QED) is 0.695. The van der Waals surface area contributed by atoms with Crippen LogP contribution in [0.4, 0.5) is 0 Å². The fourth-order valence-electron chi connectivity index (χ4n) is 2.20. The van der Waals surface area contributed by atoms with Crippen LogP contribution in [0, 0.1) is 0 Å². The zero-order chi connectivity index (χ0) is 15.0. The molecule has 3 rings (SSSR count). The summed E-state index contributed by atoms with van der Waals surface area (Å²) in [4.78, 5) is 8.75. The average molecular weight is 322 g/mol. The lowest BCUT2D eigenvalue weighted by Crippen LogP contribution is -2.01. The van der Waals surface area contributed by atoms with Crippen molar-refractivity contribution in [3.8, 4) is 5.69 Å². The number of imidazole rings is 1. The Morgan fingerprint density at radius 3 is 2.52 bits per heavy atom. The van der Waals surface area contributed by atoms with Gasteiger partial charge in [-0.2, -0.15) is 0 Å². The van der Waals surface area contributed by atoms with Crippen molar-refractivity contribution < 1.29 is 8.42 Å². The molecule has 7 heteroatoms. The molecule has 0 atom stereocenters. The lowest BCUT2D eigenvalue weighted by atomic mass is 10.3. The van der Waals surface area contributed by atoms with Gasteiger partial charge in [0, 0.05) is 18.1 Å². The first kappa shape index (κ1) is 14.0. The Kier molecular flexibility index (Phi) is 3.43. The van der Waals surface area contributed by atoms with Crippen molar-refractivity contribution in [3.63, 3.8) is 0 Å². The minimum atomic E-state index is -3.21. The van der Waals surface area contributed by atoms with E-state index in [-0.39, 0.29) is 10.8 Å². The second kappa shape index (κ2) is 5.13. The highest BCUT2D eigenvalue weighted by Gasteiger charge is 2.13. The number of aromatic nitrogens is 3. The van der Waals surface area contributed by atoms with Crippen LogP contribution in [0.1, 0.15) is 5.82 Å². The zero-order valence-electron chi connectivity index (χ0n) is 11.2. The van der Waals surface area contributed by atoms with Crippen molar-refractivity contribution in [1.82, 2.24) is 14.5 Å². The van der Waals surface area contributed by atoms with Crippen LogP contribution in [-0.2, 0) is 15.7 Å². The minimum Gasteiger partial charge on any atom is -0.295 e. The normalized spacial score (nSPS) is 11.9. The molecule has 108 valence electrons. The zero-order valence-corrected chi connectivity index (χ0v) is 12.8. The number of nitrogens with zero attached hydrogens (tertiary/aromatic N) is 3. The van der Waals surface area contributed by atoms with Crippen LogP contribution in [-0.4, -0.2) is 29.2 Å². The lowest BCUT2D eigenvalue weighted by Gasteiger charge is -2.08. The smallest absolute Gasteiger partial charge is 0.175 e. The average Bonchev–Trinajstić information content (AvgIpc) is 2.85. The van der Waals surface area contributed by atoms with Gasteiger partial charge in [-0.05, 0) is 30.3 Å². The maximum atomic E-state index is 11.5. The molecule has 0 aliphatic rings. The third kappa shape index (κ3) is 2.52. The predicted octanol–water partition coefficient (Wildman–Crippen LogP) is 2.56. The molecule has 3 aromatic rings. The van der Waals surface area contributed by atoms with E-state index < -0.39 is 9.84 Å². The Morgan fingerprint density at radius 1 is 1.19 bits per heavy atom. The topological polar surface area (TPSA) is 64.8 Å². The fraction of sp³-hybridized carbons (Fsp3) is 0.143. The third-order valence-corrected chi connectivity index (χ3v) is 4.54. The van der Waals surface area contributed by atoms with E-state index in [1.165, 1.54) is 6.26 Å². The third-order valence-electron chi connectivity index (χ3n) is 3.17. The van der Waals surface area contributed by atoms with Crippen molar-refractivity contribution in [2.75, 3.05) is 6.26 Å². The molecule has 0 aliphatic carbocycles. The van der Waals surface area contributed by atoms with E-state index in [1.54, 1.807) is 36.7 Å². The Labute approximate surface area is 127 Å². The van der Waals surface area contributed by atoms with Gasteiger partial charge in [-0.25, -0.2) is 13.4 Å². The summed E-state index contributed by atoms with van der Waals surface area (Å²) < 4.78 is 24.9. The molecular formula is C14H12ClN3O2S. The Hall–Kier alpha value is -1.92. The molecule has 0 unspecified atom stereocenters. The standard InChI is InChI=1S/C14H12ClN3O2S/c1-21(19,20)11-4-2-10(3-5-11)18-13-6-7-16-9-12(13)17-14(18)8-15/h2-7,9H,8H2,1H3. The summed E-state index contributed by atoms with van der Waals surface area (Å²) in [6.07, 6.45) is 4.54. The van der Waals surface area contributed by atoms with Crippen molar-refractivity contribution in [1.29, 1.82) is 0 Å². The lowest BCUT2D eigenvalue weighted by molar-refractivity contribution is 0.602. The molecule has 0 saturated carbocycles. The van der Waals surface area contributed by atoms with Gasteiger partial charge in [0.25, 0.3) is 0 Å². The van der Waals surface area contributed by atoms with Crippen LogP contribution in [0.15, 0.2) is 47.6 Å². The second-order valence-corrected chi connectivity index (χ2v) is 6.91. The van der Waals surface area contributed by atoms with E-state index in [9.17, 15) is 8.42 Å². The van der Waals surface area contributed by atoms with Gasteiger partial charge in [-0.15, -0.1) is 11.6 Å². The fourth-order valence-corrected chi connectivity index (χ4v) is 3.01. The van der Waals surface area contributed by atoms with E-state index >= 15 is 0 Å². The Balaban J connectivity index is 2.20. The summed E-state index contributed by atoms with van der Waals surface area (Å²) in [6.45, 7) is 0. The summed E-state index contributed by atoms with van der Waals surface area (Å²) >= 11 is 5.96. The number of alkyl halides is 1. The molecule has 0 saturated heterocycles. The minimum absolute atomic E-state index is 0.252. The van der Waals surface area contributed by atoms with Crippen molar-refractivity contribution in [2.24, 2.45) is 0 Å². The number of pyridine rings is 1. The maximum Gasteiger partial charge on any atom is 0.175 e.